The standard InChI is InChI=1S/C25H28N2O2/c1-18(14-24(28)12-13-26)20-4-6-21(7-5-20)22-15-27(16-22)23-8-10-25(11-9-23)29-17-19-2-3-19/h4-11,18-19,22H,2-3,12,14-17H2,1H3/t18-/m1/s1. The first-order valence-electron chi connectivity index (χ1n) is 10.6. The van der Waals surface area contributed by atoms with Crippen LogP contribution in [0.25, 0.3) is 0 Å². The van der Waals surface area contributed by atoms with Crippen LogP contribution >= 0.6 is 0 Å². The highest BCUT2D eigenvalue weighted by molar-refractivity contribution is 5.81. The minimum absolute atomic E-state index is 0.00789. The largest absolute Gasteiger partial charge is 0.493 e. The normalized spacial score (nSPS) is 17.3. The Hall–Kier alpha value is -2.80. The van der Waals surface area contributed by atoms with Crippen molar-refractivity contribution < 1.29 is 9.53 Å². The van der Waals surface area contributed by atoms with E-state index in [4.69, 9.17) is 10.00 Å². The Kier molecular flexibility index (Phi) is 5.85. The molecule has 4 heteroatoms. The van der Waals surface area contributed by atoms with Crippen molar-refractivity contribution in [1.29, 1.82) is 5.26 Å². The van der Waals surface area contributed by atoms with Crippen molar-refractivity contribution in [3.05, 3.63) is 59.7 Å². The predicted octanol–water partition coefficient (Wildman–Crippen LogP) is 5.06. The highest BCUT2D eigenvalue weighted by atomic mass is 16.5. The summed E-state index contributed by atoms with van der Waals surface area (Å²) in [4.78, 5) is 14.1. The van der Waals surface area contributed by atoms with E-state index in [2.05, 4.69) is 53.4 Å². The van der Waals surface area contributed by atoms with E-state index in [1.165, 1.54) is 24.1 Å². The van der Waals surface area contributed by atoms with E-state index in [9.17, 15) is 4.79 Å². The predicted molar refractivity (Wildman–Crippen MR) is 114 cm³/mol. The maximum atomic E-state index is 11.7. The summed E-state index contributed by atoms with van der Waals surface area (Å²) in [6, 6.07) is 19.1. The molecule has 0 spiro atoms. The molecule has 1 aliphatic carbocycles. The molecule has 0 N–H and O–H groups in total. The first-order valence-corrected chi connectivity index (χ1v) is 10.6. The molecule has 2 aromatic rings. The van der Waals surface area contributed by atoms with Crippen LogP contribution in [0.2, 0.25) is 0 Å². The van der Waals surface area contributed by atoms with Gasteiger partial charge in [-0.3, -0.25) is 4.79 Å². The second-order valence-electron chi connectivity index (χ2n) is 8.50. The lowest BCUT2D eigenvalue weighted by Crippen LogP contribution is -2.45. The number of hydrogen-bond donors (Lipinski definition) is 0. The molecule has 2 fully saturated rings. The van der Waals surface area contributed by atoms with Gasteiger partial charge in [0.1, 0.15) is 11.5 Å². The van der Waals surface area contributed by atoms with Crippen LogP contribution in [0.3, 0.4) is 0 Å². The first-order chi connectivity index (χ1) is 14.1. The van der Waals surface area contributed by atoms with Crippen molar-refractivity contribution in [2.24, 2.45) is 5.92 Å². The third kappa shape index (κ3) is 4.98. The fraction of sp³-hybridized carbons (Fsp3) is 0.440. The third-order valence-electron chi connectivity index (χ3n) is 6.05. The van der Waals surface area contributed by atoms with Crippen LogP contribution < -0.4 is 9.64 Å². The van der Waals surface area contributed by atoms with Gasteiger partial charge in [0.25, 0.3) is 0 Å². The van der Waals surface area contributed by atoms with E-state index < -0.39 is 0 Å². The Bertz CT molecular complexity index is 873. The van der Waals surface area contributed by atoms with E-state index in [1.807, 2.05) is 13.0 Å². The van der Waals surface area contributed by atoms with Gasteiger partial charge in [0.15, 0.2) is 0 Å². The maximum absolute atomic E-state index is 11.7. The van der Waals surface area contributed by atoms with Crippen molar-refractivity contribution in [1.82, 2.24) is 0 Å². The molecule has 0 amide bonds. The minimum Gasteiger partial charge on any atom is -0.493 e. The van der Waals surface area contributed by atoms with Crippen molar-refractivity contribution in [2.75, 3.05) is 24.6 Å². The van der Waals surface area contributed by atoms with Crippen LogP contribution in [0.4, 0.5) is 5.69 Å². The number of nitriles is 1. The molecule has 4 nitrogen and oxygen atoms in total. The van der Waals surface area contributed by atoms with E-state index in [0.29, 0.717) is 12.3 Å². The van der Waals surface area contributed by atoms with Crippen LogP contribution in [0.15, 0.2) is 48.5 Å². The van der Waals surface area contributed by atoms with E-state index in [-0.39, 0.29) is 18.1 Å². The minimum atomic E-state index is 0.00789. The van der Waals surface area contributed by atoms with Crippen LogP contribution in [-0.2, 0) is 4.79 Å². The molecule has 0 bridgehead atoms. The first kappa shape index (κ1) is 19.5. The molecule has 2 aromatic carbocycles. The number of ketones is 1. The number of anilines is 1. The summed E-state index contributed by atoms with van der Waals surface area (Å²) in [5, 5.41) is 8.63. The molecular weight excluding hydrogens is 360 g/mol. The van der Waals surface area contributed by atoms with Gasteiger partial charge in [-0.1, -0.05) is 31.2 Å². The average molecular weight is 389 g/mol. The quantitative estimate of drug-likeness (QED) is 0.603. The Morgan fingerprint density at radius 1 is 1.14 bits per heavy atom. The molecular formula is C25H28N2O2. The van der Waals surface area contributed by atoms with Crippen LogP contribution in [0, 0.1) is 17.2 Å². The zero-order valence-electron chi connectivity index (χ0n) is 17.0. The van der Waals surface area contributed by atoms with Gasteiger partial charge in [-0.2, -0.15) is 5.26 Å². The van der Waals surface area contributed by atoms with Crippen LogP contribution in [-0.4, -0.2) is 25.5 Å². The molecule has 1 saturated carbocycles. The molecule has 1 aliphatic heterocycles. The SMILES string of the molecule is C[C@H](CC(=O)CC#N)c1ccc(C2CN(c3ccc(OCC4CC4)cc3)C2)cc1. The summed E-state index contributed by atoms with van der Waals surface area (Å²) >= 11 is 0. The molecule has 150 valence electrons. The maximum Gasteiger partial charge on any atom is 0.147 e. The fourth-order valence-corrected chi connectivity index (χ4v) is 3.87. The van der Waals surface area contributed by atoms with Crippen molar-refractivity contribution >= 4 is 11.5 Å². The summed E-state index contributed by atoms with van der Waals surface area (Å²) < 4.78 is 5.82. The second kappa shape index (κ2) is 8.69. The van der Waals surface area contributed by atoms with Gasteiger partial charge in [-0.25, -0.2) is 0 Å². The lowest BCUT2D eigenvalue weighted by molar-refractivity contribution is -0.118. The van der Waals surface area contributed by atoms with Crippen molar-refractivity contribution in [3.63, 3.8) is 0 Å². The lowest BCUT2D eigenvalue weighted by atomic mass is 9.88. The molecule has 2 aliphatic rings. The number of benzene rings is 2. The number of Topliss-reactive ketones (excluding diaryl/α,β-unsaturated/α-hetero) is 1. The highest BCUT2D eigenvalue weighted by Gasteiger charge is 2.28. The van der Waals surface area contributed by atoms with E-state index in [0.717, 1.165) is 36.9 Å². The Balaban J connectivity index is 1.27. The van der Waals surface area contributed by atoms with Gasteiger partial charge in [0.2, 0.25) is 0 Å². The number of rotatable bonds is 9. The summed E-state index contributed by atoms with van der Waals surface area (Å²) in [6.07, 6.45) is 3.07. The Labute approximate surface area is 173 Å². The molecule has 0 unspecified atom stereocenters. The summed E-state index contributed by atoms with van der Waals surface area (Å²) in [5.41, 5.74) is 3.77. The number of ether oxygens (including phenoxy) is 1. The third-order valence-corrected chi connectivity index (χ3v) is 6.05. The molecule has 0 aromatic heterocycles. The Morgan fingerprint density at radius 2 is 1.83 bits per heavy atom. The van der Waals surface area contributed by atoms with Gasteiger partial charge < -0.3 is 9.64 Å². The molecule has 4 rings (SSSR count). The van der Waals surface area contributed by atoms with Gasteiger partial charge in [-0.15, -0.1) is 0 Å². The second-order valence-corrected chi connectivity index (χ2v) is 8.50. The van der Waals surface area contributed by atoms with E-state index in [1.54, 1.807) is 0 Å². The van der Waals surface area contributed by atoms with E-state index >= 15 is 0 Å². The highest BCUT2D eigenvalue weighted by Crippen LogP contribution is 2.34. The molecule has 1 saturated heterocycles. The van der Waals surface area contributed by atoms with Gasteiger partial charge in [-0.05, 0) is 60.1 Å². The van der Waals surface area contributed by atoms with Gasteiger partial charge in [0.05, 0.1) is 19.1 Å². The summed E-state index contributed by atoms with van der Waals surface area (Å²) in [7, 11) is 0. The molecule has 1 atom stereocenters. The zero-order valence-corrected chi connectivity index (χ0v) is 17.0. The number of carbonyl (C=O) groups is 1. The Morgan fingerprint density at radius 3 is 2.45 bits per heavy atom. The van der Waals surface area contributed by atoms with Gasteiger partial charge >= 0.3 is 0 Å². The monoisotopic (exact) mass is 388 g/mol. The van der Waals surface area contributed by atoms with Crippen molar-refractivity contribution in [3.8, 4) is 11.8 Å². The topological polar surface area (TPSA) is 53.3 Å². The molecule has 1 heterocycles. The van der Waals surface area contributed by atoms with Crippen LogP contribution in [0.1, 0.15) is 55.6 Å². The zero-order chi connectivity index (χ0) is 20.2. The lowest BCUT2D eigenvalue weighted by Gasteiger charge is -2.41. The summed E-state index contributed by atoms with van der Waals surface area (Å²) in [6.45, 7) is 4.95. The smallest absolute Gasteiger partial charge is 0.147 e. The van der Waals surface area contributed by atoms with Crippen LogP contribution in [0.5, 0.6) is 5.75 Å². The van der Waals surface area contributed by atoms with Crippen molar-refractivity contribution in [2.45, 2.75) is 44.4 Å². The number of nitrogens with zero attached hydrogens (tertiary/aromatic N) is 2. The molecule has 0 radical (unpaired) electrons. The molecule has 29 heavy (non-hydrogen) atoms. The number of hydrogen-bond acceptors (Lipinski definition) is 4. The average Bonchev–Trinajstić information content (AvgIpc) is 3.51. The summed E-state index contributed by atoms with van der Waals surface area (Å²) in [5.74, 6) is 2.46. The fourth-order valence-electron chi connectivity index (χ4n) is 3.87. The van der Waals surface area contributed by atoms with Gasteiger partial charge in [0, 0.05) is 31.1 Å². The number of carbonyl (C=O) groups excluding carboxylic acids is 1.